The van der Waals surface area contributed by atoms with Crippen LogP contribution in [0.5, 0.6) is 0 Å². The molecule has 144 valence electrons. The number of nitrogens with zero attached hydrogens (tertiary/aromatic N) is 5. The molecule has 0 N–H and O–H groups in total. The minimum Gasteiger partial charge on any atom is -0.335 e. The molecule has 28 heavy (non-hydrogen) atoms. The summed E-state index contributed by atoms with van der Waals surface area (Å²) in [6.45, 7) is 4.07. The summed E-state index contributed by atoms with van der Waals surface area (Å²) in [5.74, 6) is 0.0557. The monoisotopic (exact) mass is 375 g/mol. The molecular formula is C22H25N5O. The van der Waals surface area contributed by atoms with Crippen molar-refractivity contribution in [1.82, 2.24) is 25.1 Å². The number of hydrogen-bond donors (Lipinski definition) is 0. The van der Waals surface area contributed by atoms with Crippen LogP contribution < -0.4 is 0 Å². The van der Waals surface area contributed by atoms with Crippen LogP contribution in [0.3, 0.4) is 0 Å². The Balaban J connectivity index is 1.65. The number of carbonyl (C=O) groups excluding carboxylic acids is 1. The van der Waals surface area contributed by atoms with E-state index in [1.807, 2.05) is 47.4 Å². The minimum absolute atomic E-state index is 0.0557. The number of hydrogen-bond acceptors (Lipinski definition) is 4. The second-order valence-corrected chi connectivity index (χ2v) is 6.62. The van der Waals surface area contributed by atoms with Gasteiger partial charge < -0.3 is 4.90 Å². The van der Waals surface area contributed by atoms with Gasteiger partial charge >= 0.3 is 0 Å². The maximum absolute atomic E-state index is 13.0. The fourth-order valence-corrected chi connectivity index (χ4v) is 2.88. The van der Waals surface area contributed by atoms with Crippen LogP contribution in [0, 0.1) is 0 Å². The summed E-state index contributed by atoms with van der Waals surface area (Å²) in [4.78, 5) is 14.9. The Labute approximate surface area is 165 Å². The number of tetrazole rings is 1. The first-order chi connectivity index (χ1) is 13.8. The van der Waals surface area contributed by atoms with Crippen molar-refractivity contribution in [3.05, 3.63) is 83.7 Å². The average molecular weight is 375 g/mol. The molecule has 2 aromatic carbocycles. The lowest BCUT2D eigenvalue weighted by Gasteiger charge is -2.21. The second kappa shape index (κ2) is 10.2. The molecule has 0 radical (unpaired) electrons. The smallest absolute Gasteiger partial charge is 0.254 e. The summed E-state index contributed by atoms with van der Waals surface area (Å²) in [5.41, 5.74) is 2.88. The van der Waals surface area contributed by atoms with Gasteiger partial charge in [-0.2, -0.15) is 0 Å². The molecule has 0 aliphatic heterocycles. The van der Waals surface area contributed by atoms with E-state index >= 15 is 0 Å². The molecule has 1 heterocycles. The number of rotatable bonds is 9. The summed E-state index contributed by atoms with van der Waals surface area (Å²) in [6, 6.07) is 17.8. The second-order valence-electron chi connectivity index (χ2n) is 6.62. The topological polar surface area (TPSA) is 63.9 Å². The Hall–Kier alpha value is -3.28. The third kappa shape index (κ3) is 5.61. The first-order valence-corrected chi connectivity index (χ1v) is 9.57. The molecule has 6 heteroatoms. The molecule has 0 bridgehead atoms. The van der Waals surface area contributed by atoms with Crippen LogP contribution in [-0.2, 0) is 6.54 Å². The predicted octanol–water partition coefficient (Wildman–Crippen LogP) is 3.68. The standard InChI is InChI=1S/C22H25N5O/c1-2-3-15-26(16-7-10-19-8-5-4-6-9-19)22(28)21-13-11-20(12-14-21)17-27-18-23-24-25-27/h4-14,18H,2-3,15-17H2,1H3/b10-7+. The first-order valence-electron chi connectivity index (χ1n) is 9.57. The highest BCUT2D eigenvalue weighted by molar-refractivity contribution is 5.94. The largest absolute Gasteiger partial charge is 0.335 e. The maximum Gasteiger partial charge on any atom is 0.254 e. The van der Waals surface area contributed by atoms with Gasteiger partial charge in [-0.3, -0.25) is 4.79 Å². The molecule has 1 amide bonds. The van der Waals surface area contributed by atoms with Gasteiger partial charge in [0.25, 0.3) is 5.91 Å². The Morgan fingerprint density at radius 1 is 1.11 bits per heavy atom. The summed E-state index contributed by atoms with van der Waals surface area (Å²) >= 11 is 0. The van der Waals surface area contributed by atoms with E-state index in [2.05, 4.69) is 46.7 Å². The first kappa shape index (κ1) is 19.5. The van der Waals surface area contributed by atoms with Gasteiger partial charge in [0.15, 0.2) is 0 Å². The molecule has 0 aliphatic carbocycles. The van der Waals surface area contributed by atoms with Crippen molar-refractivity contribution in [2.45, 2.75) is 26.3 Å². The van der Waals surface area contributed by atoms with E-state index in [4.69, 9.17) is 0 Å². The van der Waals surface area contributed by atoms with E-state index in [-0.39, 0.29) is 5.91 Å². The molecule has 0 unspecified atom stereocenters. The Kier molecular flexibility index (Phi) is 7.07. The predicted molar refractivity (Wildman–Crippen MR) is 110 cm³/mol. The zero-order chi connectivity index (χ0) is 19.6. The molecule has 0 aliphatic rings. The van der Waals surface area contributed by atoms with E-state index in [0.717, 1.165) is 30.5 Å². The summed E-state index contributed by atoms with van der Waals surface area (Å²) < 4.78 is 1.65. The van der Waals surface area contributed by atoms with Crippen LogP contribution in [0.15, 0.2) is 67.0 Å². The number of aromatic nitrogens is 4. The van der Waals surface area contributed by atoms with E-state index < -0.39 is 0 Å². The highest BCUT2D eigenvalue weighted by Crippen LogP contribution is 2.11. The van der Waals surface area contributed by atoms with Crippen molar-refractivity contribution in [2.24, 2.45) is 0 Å². The van der Waals surface area contributed by atoms with E-state index in [1.54, 1.807) is 11.0 Å². The molecule has 1 aromatic heterocycles. The molecule has 0 atom stereocenters. The summed E-state index contributed by atoms with van der Waals surface area (Å²) in [7, 11) is 0. The lowest BCUT2D eigenvalue weighted by molar-refractivity contribution is 0.0772. The zero-order valence-electron chi connectivity index (χ0n) is 16.1. The van der Waals surface area contributed by atoms with Gasteiger partial charge in [0.2, 0.25) is 0 Å². The van der Waals surface area contributed by atoms with Crippen molar-refractivity contribution in [1.29, 1.82) is 0 Å². The van der Waals surface area contributed by atoms with Crippen molar-refractivity contribution in [3.8, 4) is 0 Å². The summed E-state index contributed by atoms with van der Waals surface area (Å²) in [6.07, 6.45) is 7.72. The fraction of sp³-hybridized carbons (Fsp3) is 0.273. The van der Waals surface area contributed by atoms with Crippen LogP contribution >= 0.6 is 0 Å². The number of amides is 1. The lowest BCUT2D eigenvalue weighted by atomic mass is 10.1. The Morgan fingerprint density at radius 2 is 1.89 bits per heavy atom. The van der Waals surface area contributed by atoms with Gasteiger partial charge in [-0.25, -0.2) is 4.68 Å². The molecule has 3 aromatic rings. The van der Waals surface area contributed by atoms with Crippen molar-refractivity contribution in [2.75, 3.05) is 13.1 Å². The number of carbonyl (C=O) groups is 1. The van der Waals surface area contributed by atoms with Crippen LogP contribution in [-0.4, -0.2) is 44.1 Å². The summed E-state index contributed by atoms with van der Waals surface area (Å²) in [5, 5.41) is 11.1. The fourth-order valence-electron chi connectivity index (χ4n) is 2.88. The molecular weight excluding hydrogens is 350 g/mol. The van der Waals surface area contributed by atoms with E-state index in [1.165, 1.54) is 0 Å². The zero-order valence-corrected chi connectivity index (χ0v) is 16.1. The van der Waals surface area contributed by atoms with Crippen LogP contribution in [0.4, 0.5) is 0 Å². The SMILES string of the molecule is CCCCN(C/C=C/c1ccccc1)C(=O)c1ccc(Cn2cnnn2)cc1. The molecule has 3 rings (SSSR count). The van der Waals surface area contributed by atoms with Crippen LogP contribution in [0.25, 0.3) is 6.08 Å². The van der Waals surface area contributed by atoms with E-state index in [9.17, 15) is 4.79 Å². The quantitative estimate of drug-likeness (QED) is 0.572. The highest BCUT2D eigenvalue weighted by Gasteiger charge is 2.14. The molecule has 0 saturated heterocycles. The number of unbranched alkanes of at least 4 members (excludes halogenated alkanes) is 1. The van der Waals surface area contributed by atoms with E-state index in [0.29, 0.717) is 18.7 Å². The normalized spacial score (nSPS) is 11.0. The third-order valence-corrected chi connectivity index (χ3v) is 4.44. The Morgan fingerprint density at radius 3 is 2.57 bits per heavy atom. The third-order valence-electron chi connectivity index (χ3n) is 4.44. The molecule has 6 nitrogen and oxygen atoms in total. The molecule has 0 saturated carbocycles. The van der Waals surface area contributed by atoms with Crippen molar-refractivity contribution < 1.29 is 4.79 Å². The van der Waals surface area contributed by atoms with Crippen molar-refractivity contribution >= 4 is 12.0 Å². The van der Waals surface area contributed by atoms with Crippen molar-refractivity contribution in [3.63, 3.8) is 0 Å². The van der Waals surface area contributed by atoms with Gasteiger partial charge in [0.1, 0.15) is 6.33 Å². The van der Waals surface area contributed by atoms with Gasteiger partial charge in [0.05, 0.1) is 6.54 Å². The molecule has 0 spiro atoms. The van der Waals surface area contributed by atoms with Gasteiger partial charge in [-0.05, 0) is 40.1 Å². The average Bonchev–Trinajstić information content (AvgIpc) is 3.24. The van der Waals surface area contributed by atoms with Crippen LogP contribution in [0.2, 0.25) is 0 Å². The highest BCUT2D eigenvalue weighted by atomic mass is 16.2. The maximum atomic E-state index is 13.0. The van der Waals surface area contributed by atoms with Gasteiger partial charge in [-0.1, -0.05) is 68.0 Å². The number of benzene rings is 2. The molecule has 0 fully saturated rings. The minimum atomic E-state index is 0.0557. The van der Waals surface area contributed by atoms with Gasteiger partial charge in [0, 0.05) is 18.7 Å². The van der Waals surface area contributed by atoms with Crippen LogP contribution in [0.1, 0.15) is 41.3 Å². The lowest BCUT2D eigenvalue weighted by Crippen LogP contribution is -2.32. The van der Waals surface area contributed by atoms with Gasteiger partial charge in [-0.15, -0.1) is 5.10 Å². The Bertz CT molecular complexity index is 873.